The van der Waals surface area contributed by atoms with Gasteiger partial charge in [-0.2, -0.15) is 0 Å². The highest BCUT2D eigenvalue weighted by atomic mass is 32.1. The predicted molar refractivity (Wildman–Crippen MR) is 107 cm³/mol. The first-order valence-electron chi connectivity index (χ1n) is 8.77. The Bertz CT molecular complexity index is 711. The number of carbonyl (C=O) groups is 1. The molecule has 2 rings (SSSR count). The van der Waals surface area contributed by atoms with Crippen LogP contribution in [0.5, 0.6) is 0 Å². The van der Waals surface area contributed by atoms with E-state index in [-0.39, 0.29) is 5.91 Å². The minimum Gasteiger partial charge on any atom is -0.382 e. The smallest absolute Gasteiger partial charge is 0.257 e. The Kier molecular flexibility index (Phi) is 8.03. The molecular formula is C19H27N3O3S. The average molecular weight is 378 g/mol. The van der Waals surface area contributed by atoms with Crippen LogP contribution in [0.1, 0.15) is 33.4 Å². The Morgan fingerprint density at radius 1 is 1.15 bits per heavy atom. The number of carbonyl (C=O) groups excluding carboxylic acids is 1. The first-order chi connectivity index (χ1) is 12.5. The lowest BCUT2D eigenvalue weighted by atomic mass is 10.1. The van der Waals surface area contributed by atoms with Gasteiger partial charge in [-0.15, -0.1) is 11.3 Å². The molecule has 0 aliphatic heterocycles. The van der Waals surface area contributed by atoms with Crippen LogP contribution in [-0.2, 0) is 9.47 Å². The molecule has 0 spiro atoms. The van der Waals surface area contributed by atoms with Crippen LogP contribution in [0.3, 0.4) is 0 Å². The largest absolute Gasteiger partial charge is 0.382 e. The maximum absolute atomic E-state index is 12.6. The maximum atomic E-state index is 12.6. The number of aromatic nitrogens is 1. The van der Waals surface area contributed by atoms with Gasteiger partial charge in [0.1, 0.15) is 0 Å². The van der Waals surface area contributed by atoms with E-state index in [1.165, 1.54) is 11.3 Å². The molecule has 0 unspecified atom stereocenters. The molecule has 0 bridgehead atoms. The van der Waals surface area contributed by atoms with Gasteiger partial charge in [0.25, 0.3) is 5.91 Å². The number of nitrogens with one attached hydrogen (secondary N) is 2. The molecule has 0 saturated heterocycles. The quantitative estimate of drug-likeness (QED) is 0.617. The van der Waals surface area contributed by atoms with Gasteiger partial charge in [0.05, 0.1) is 25.5 Å². The zero-order valence-electron chi connectivity index (χ0n) is 15.8. The van der Waals surface area contributed by atoms with E-state index < -0.39 is 0 Å². The molecule has 1 aromatic heterocycles. The van der Waals surface area contributed by atoms with Crippen molar-refractivity contribution in [3.05, 3.63) is 39.9 Å². The third-order valence-electron chi connectivity index (χ3n) is 3.97. The normalized spacial score (nSPS) is 10.8. The van der Waals surface area contributed by atoms with E-state index in [2.05, 4.69) is 15.6 Å². The summed E-state index contributed by atoms with van der Waals surface area (Å²) in [7, 11) is 0. The first-order valence-corrected chi connectivity index (χ1v) is 9.59. The summed E-state index contributed by atoms with van der Waals surface area (Å²) in [5.74, 6) is -0.145. The second-order valence-corrected chi connectivity index (χ2v) is 7.03. The molecule has 0 aliphatic carbocycles. The van der Waals surface area contributed by atoms with Crippen molar-refractivity contribution in [3.63, 3.8) is 0 Å². The van der Waals surface area contributed by atoms with Gasteiger partial charge in [-0.3, -0.25) is 10.1 Å². The molecule has 0 fully saturated rings. The number of rotatable bonds is 10. The van der Waals surface area contributed by atoms with Crippen LogP contribution in [0.4, 0.5) is 10.8 Å². The second-order valence-electron chi connectivity index (χ2n) is 5.83. The Morgan fingerprint density at radius 3 is 2.62 bits per heavy atom. The van der Waals surface area contributed by atoms with E-state index >= 15 is 0 Å². The van der Waals surface area contributed by atoms with Gasteiger partial charge in [0, 0.05) is 29.3 Å². The molecule has 0 aliphatic rings. The Labute approximate surface area is 158 Å². The minimum absolute atomic E-state index is 0.145. The molecule has 0 atom stereocenters. The lowest BCUT2D eigenvalue weighted by Gasteiger charge is -2.13. The topological polar surface area (TPSA) is 72.5 Å². The Morgan fingerprint density at radius 2 is 1.92 bits per heavy atom. The summed E-state index contributed by atoms with van der Waals surface area (Å²) in [6, 6.07) is 5.66. The van der Waals surface area contributed by atoms with E-state index in [9.17, 15) is 4.79 Å². The van der Waals surface area contributed by atoms with Crippen molar-refractivity contribution in [1.29, 1.82) is 0 Å². The average Bonchev–Trinajstić information content (AvgIpc) is 2.92. The molecule has 0 radical (unpaired) electrons. The molecule has 1 heterocycles. The van der Waals surface area contributed by atoms with E-state index in [1.54, 1.807) is 0 Å². The lowest BCUT2D eigenvalue weighted by Crippen LogP contribution is -2.16. The number of hydrogen-bond acceptors (Lipinski definition) is 6. The van der Waals surface area contributed by atoms with Crippen LogP contribution < -0.4 is 10.6 Å². The van der Waals surface area contributed by atoms with Crippen LogP contribution in [0.25, 0.3) is 0 Å². The van der Waals surface area contributed by atoms with Crippen molar-refractivity contribution in [1.82, 2.24) is 4.98 Å². The number of nitrogens with zero attached hydrogens (tertiary/aromatic N) is 1. The van der Waals surface area contributed by atoms with Crippen LogP contribution in [-0.4, -0.2) is 43.9 Å². The monoisotopic (exact) mass is 377 g/mol. The number of thiazole rings is 1. The van der Waals surface area contributed by atoms with Gasteiger partial charge < -0.3 is 14.8 Å². The van der Waals surface area contributed by atoms with Crippen LogP contribution >= 0.6 is 11.3 Å². The third kappa shape index (κ3) is 5.79. The molecule has 0 saturated carbocycles. The SMILES string of the molecule is CCOCCOCCNc1cccc(C(=O)Nc2nc(C)c(C)s2)c1C. The van der Waals surface area contributed by atoms with Crippen molar-refractivity contribution < 1.29 is 14.3 Å². The maximum Gasteiger partial charge on any atom is 0.257 e. The molecule has 1 amide bonds. The van der Waals surface area contributed by atoms with Gasteiger partial charge in [-0.05, 0) is 45.4 Å². The van der Waals surface area contributed by atoms with Gasteiger partial charge in [0.2, 0.25) is 0 Å². The zero-order chi connectivity index (χ0) is 18.9. The minimum atomic E-state index is -0.145. The number of amides is 1. The summed E-state index contributed by atoms with van der Waals surface area (Å²) in [5.41, 5.74) is 3.42. The van der Waals surface area contributed by atoms with Crippen LogP contribution in [0.2, 0.25) is 0 Å². The standard InChI is InChI=1S/C19H27N3O3S/c1-5-24-11-12-25-10-9-20-17-8-6-7-16(13(17)2)18(23)22-19-21-14(3)15(4)26-19/h6-8,20H,5,9-12H2,1-4H3,(H,21,22,23). The fourth-order valence-corrected chi connectivity index (χ4v) is 3.20. The van der Waals surface area contributed by atoms with E-state index in [1.807, 2.05) is 45.9 Å². The van der Waals surface area contributed by atoms with Crippen molar-refractivity contribution in [2.45, 2.75) is 27.7 Å². The van der Waals surface area contributed by atoms with Crippen LogP contribution in [0.15, 0.2) is 18.2 Å². The molecule has 142 valence electrons. The number of aryl methyl sites for hydroxylation is 2. The molecule has 1 aromatic carbocycles. The third-order valence-corrected chi connectivity index (χ3v) is 4.95. The van der Waals surface area contributed by atoms with Gasteiger partial charge in [-0.25, -0.2) is 4.98 Å². The van der Waals surface area contributed by atoms with E-state index in [0.29, 0.717) is 43.7 Å². The molecule has 7 heteroatoms. The highest BCUT2D eigenvalue weighted by Crippen LogP contribution is 2.24. The molecular weight excluding hydrogens is 350 g/mol. The van der Waals surface area contributed by atoms with Crippen molar-refractivity contribution in [3.8, 4) is 0 Å². The number of ether oxygens (including phenoxy) is 2. The van der Waals surface area contributed by atoms with Crippen LogP contribution in [0, 0.1) is 20.8 Å². The van der Waals surface area contributed by atoms with E-state index in [0.717, 1.165) is 21.8 Å². The molecule has 6 nitrogen and oxygen atoms in total. The Hall–Kier alpha value is -1.96. The fraction of sp³-hybridized carbons (Fsp3) is 0.474. The summed E-state index contributed by atoms with van der Waals surface area (Å²) in [5, 5.41) is 6.83. The highest BCUT2D eigenvalue weighted by molar-refractivity contribution is 7.15. The summed E-state index contributed by atoms with van der Waals surface area (Å²) in [6.07, 6.45) is 0. The van der Waals surface area contributed by atoms with E-state index in [4.69, 9.17) is 9.47 Å². The predicted octanol–water partition coefficient (Wildman–Crippen LogP) is 3.79. The number of hydrogen-bond donors (Lipinski definition) is 2. The van der Waals surface area contributed by atoms with Gasteiger partial charge in [-0.1, -0.05) is 6.07 Å². The summed E-state index contributed by atoms with van der Waals surface area (Å²) >= 11 is 1.49. The summed E-state index contributed by atoms with van der Waals surface area (Å²) in [4.78, 5) is 18.0. The van der Waals surface area contributed by atoms with Crippen molar-refractivity contribution in [2.24, 2.45) is 0 Å². The first kappa shape index (κ1) is 20.4. The summed E-state index contributed by atoms with van der Waals surface area (Å²) in [6.45, 7) is 11.0. The molecule has 2 N–H and O–H groups in total. The van der Waals surface area contributed by atoms with Crippen molar-refractivity contribution >= 4 is 28.1 Å². The zero-order valence-corrected chi connectivity index (χ0v) is 16.7. The van der Waals surface area contributed by atoms with Crippen molar-refractivity contribution in [2.75, 3.05) is 43.6 Å². The van der Waals surface area contributed by atoms with Gasteiger partial charge in [0.15, 0.2) is 5.13 Å². The number of benzene rings is 1. The summed E-state index contributed by atoms with van der Waals surface area (Å²) < 4.78 is 10.7. The number of anilines is 2. The fourth-order valence-electron chi connectivity index (χ4n) is 2.39. The molecule has 26 heavy (non-hydrogen) atoms. The Balaban J connectivity index is 1.90. The lowest BCUT2D eigenvalue weighted by molar-refractivity contribution is 0.0570. The second kappa shape index (κ2) is 10.3. The highest BCUT2D eigenvalue weighted by Gasteiger charge is 2.14. The molecule has 2 aromatic rings. The van der Waals surface area contributed by atoms with Gasteiger partial charge >= 0.3 is 0 Å².